The molecule has 124 valence electrons. The second-order valence-electron chi connectivity index (χ2n) is 5.76. The van der Waals surface area contributed by atoms with E-state index in [2.05, 4.69) is 14.9 Å². The minimum atomic E-state index is -0.263. The second kappa shape index (κ2) is 7.73. The number of imidazole rings is 1. The van der Waals surface area contributed by atoms with Crippen molar-refractivity contribution in [2.24, 2.45) is 0 Å². The van der Waals surface area contributed by atoms with Gasteiger partial charge in [-0.2, -0.15) is 0 Å². The molecule has 0 fully saturated rings. The normalized spacial score (nSPS) is 10.9. The number of carbonyl (C=O) groups excluding carboxylic acids is 1. The molecule has 0 bridgehead atoms. The Morgan fingerprint density at radius 1 is 1.17 bits per heavy atom. The van der Waals surface area contributed by atoms with Gasteiger partial charge in [-0.1, -0.05) is 24.3 Å². The van der Waals surface area contributed by atoms with Crippen LogP contribution in [-0.2, 0) is 17.8 Å². The fourth-order valence-electron chi connectivity index (χ4n) is 2.70. The highest BCUT2D eigenvalue weighted by Gasteiger charge is 2.04. The van der Waals surface area contributed by atoms with Crippen LogP contribution in [0, 0.1) is 5.82 Å². The first kappa shape index (κ1) is 16.2. The topological polar surface area (TPSA) is 46.9 Å². The molecule has 1 heterocycles. The van der Waals surface area contributed by atoms with Crippen molar-refractivity contribution in [1.29, 1.82) is 0 Å². The number of halogens is 1. The highest BCUT2D eigenvalue weighted by atomic mass is 19.1. The molecule has 3 aromatic rings. The van der Waals surface area contributed by atoms with E-state index in [-0.39, 0.29) is 11.7 Å². The molecule has 0 spiro atoms. The number of nitrogens with one attached hydrogen (secondary N) is 1. The lowest BCUT2D eigenvalue weighted by atomic mass is 10.1. The van der Waals surface area contributed by atoms with Gasteiger partial charge < -0.3 is 9.88 Å². The summed E-state index contributed by atoms with van der Waals surface area (Å²) in [7, 11) is 0. The molecule has 5 heteroatoms. The molecule has 0 saturated carbocycles. The number of nitrogens with zero attached hydrogens (tertiary/aromatic N) is 2. The third-order valence-corrected chi connectivity index (χ3v) is 3.96. The van der Waals surface area contributed by atoms with E-state index in [1.807, 2.05) is 36.7 Å². The molecule has 3 rings (SSSR count). The summed E-state index contributed by atoms with van der Waals surface area (Å²) in [6, 6.07) is 14.4. The highest BCUT2D eigenvalue weighted by Crippen LogP contribution is 2.12. The minimum Gasteiger partial charge on any atom is -0.356 e. The molecule has 2 aromatic carbocycles. The minimum absolute atomic E-state index is 0.00486. The average Bonchev–Trinajstić information content (AvgIpc) is 3.00. The van der Waals surface area contributed by atoms with E-state index in [1.54, 1.807) is 6.07 Å². The van der Waals surface area contributed by atoms with Gasteiger partial charge in [0, 0.05) is 19.5 Å². The average molecular weight is 325 g/mol. The van der Waals surface area contributed by atoms with Crippen LogP contribution in [0.25, 0.3) is 11.0 Å². The third kappa shape index (κ3) is 4.19. The van der Waals surface area contributed by atoms with Crippen molar-refractivity contribution in [1.82, 2.24) is 14.9 Å². The standard InChI is InChI=1S/C19H20FN3O/c20-16-6-3-5-15(13-16)9-10-19(24)21-11-4-12-23-14-22-17-7-1-2-8-18(17)23/h1-3,5-8,13-14H,4,9-12H2,(H,21,24). The van der Waals surface area contributed by atoms with Crippen LogP contribution in [0.15, 0.2) is 54.9 Å². The SMILES string of the molecule is O=C(CCc1cccc(F)c1)NCCCn1cnc2ccccc21. The van der Waals surface area contributed by atoms with E-state index >= 15 is 0 Å². The van der Waals surface area contributed by atoms with Gasteiger partial charge in [0.15, 0.2) is 0 Å². The Kier molecular flexibility index (Phi) is 5.21. The van der Waals surface area contributed by atoms with Crippen LogP contribution in [-0.4, -0.2) is 22.0 Å². The number of aromatic nitrogens is 2. The molecule has 0 unspecified atom stereocenters. The molecule has 0 aliphatic carbocycles. The van der Waals surface area contributed by atoms with Crippen LogP contribution in [0.1, 0.15) is 18.4 Å². The predicted octanol–water partition coefficient (Wildman–Crippen LogP) is 3.31. The van der Waals surface area contributed by atoms with Crippen molar-refractivity contribution in [2.45, 2.75) is 25.8 Å². The largest absolute Gasteiger partial charge is 0.356 e. The fourth-order valence-corrected chi connectivity index (χ4v) is 2.70. The first-order chi connectivity index (χ1) is 11.7. The number of rotatable bonds is 7. The number of amides is 1. The summed E-state index contributed by atoms with van der Waals surface area (Å²) in [5.74, 6) is -0.268. The van der Waals surface area contributed by atoms with Gasteiger partial charge in [0.25, 0.3) is 0 Å². The maximum atomic E-state index is 13.1. The van der Waals surface area contributed by atoms with E-state index in [4.69, 9.17) is 0 Å². The Labute approximate surface area is 140 Å². The van der Waals surface area contributed by atoms with Crippen molar-refractivity contribution in [2.75, 3.05) is 6.54 Å². The van der Waals surface area contributed by atoms with E-state index < -0.39 is 0 Å². The summed E-state index contributed by atoms with van der Waals surface area (Å²) >= 11 is 0. The Morgan fingerprint density at radius 3 is 2.92 bits per heavy atom. The number of para-hydroxylation sites is 2. The number of hydrogen-bond acceptors (Lipinski definition) is 2. The maximum absolute atomic E-state index is 13.1. The smallest absolute Gasteiger partial charge is 0.220 e. The zero-order valence-corrected chi connectivity index (χ0v) is 13.4. The van der Waals surface area contributed by atoms with Crippen molar-refractivity contribution in [3.8, 4) is 0 Å². The number of hydrogen-bond donors (Lipinski definition) is 1. The van der Waals surface area contributed by atoms with Gasteiger partial charge in [0.1, 0.15) is 5.82 Å². The van der Waals surface area contributed by atoms with Crippen LogP contribution in [0.5, 0.6) is 0 Å². The number of carbonyl (C=O) groups is 1. The van der Waals surface area contributed by atoms with Crippen molar-refractivity contribution in [3.63, 3.8) is 0 Å². The Balaban J connectivity index is 1.39. The van der Waals surface area contributed by atoms with Gasteiger partial charge in [-0.3, -0.25) is 4.79 Å². The zero-order valence-electron chi connectivity index (χ0n) is 13.4. The monoisotopic (exact) mass is 325 g/mol. The number of fused-ring (bicyclic) bond motifs is 1. The molecular weight excluding hydrogens is 305 g/mol. The quantitative estimate of drug-likeness (QED) is 0.678. The summed E-state index contributed by atoms with van der Waals surface area (Å²) in [4.78, 5) is 16.2. The molecule has 0 aliphatic rings. The molecule has 4 nitrogen and oxygen atoms in total. The van der Waals surface area contributed by atoms with Crippen LogP contribution in [0.2, 0.25) is 0 Å². The summed E-state index contributed by atoms with van der Waals surface area (Å²) in [5.41, 5.74) is 2.93. The summed E-state index contributed by atoms with van der Waals surface area (Å²) in [6.07, 6.45) is 3.59. The Bertz CT molecular complexity index is 828. The van der Waals surface area contributed by atoms with Gasteiger partial charge in [-0.15, -0.1) is 0 Å². The Morgan fingerprint density at radius 2 is 2.04 bits per heavy atom. The first-order valence-corrected chi connectivity index (χ1v) is 8.13. The van der Waals surface area contributed by atoms with E-state index in [0.717, 1.165) is 29.6 Å². The van der Waals surface area contributed by atoms with Crippen LogP contribution in [0.4, 0.5) is 4.39 Å². The van der Waals surface area contributed by atoms with E-state index in [1.165, 1.54) is 12.1 Å². The lowest BCUT2D eigenvalue weighted by molar-refractivity contribution is -0.121. The molecule has 24 heavy (non-hydrogen) atoms. The lowest BCUT2D eigenvalue weighted by Crippen LogP contribution is -2.25. The molecule has 0 aliphatic heterocycles. The second-order valence-corrected chi connectivity index (χ2v) is 5.76. The van der Waals surface area contributed by atoms with Crippen LogP contribution < -0.4 is 5.32 Å². The maximum Gasteiger partial charge on any atom is 0.220 e. The molecular formula is C19H20FN3O. The summed E-state index contributed by atoms with van der Waals surface area (Å²) in [6.45, 7) is 1.43. The van der Waals surface area contributed by atoms with Gasteiger partial charge >= 0.3 is 0 Å². The molecule has 0 atom stereocenters. The van der Waals surface area contributed by atoms with Gasteiger partial charge in [-0.25, -0.2) is 9.37 Å². The summed E-state index contributed by atoms with van der Waals surface area (Å²) < 4.78 is 15.2. The van der Waals surface area contributed by atoms with Crippen molar-refractivity contribution >= 4 is 16.9 Å². The highest BCUT2D eigenvalue weighted by molar-refractivity contribution is 5.76. The van der Waals surface area contributed by atoms with E-state index in [9.17, 15) is 9.18 Å². The molecule has 0 radical (unpaired) electrons. The Hall–Kier alpha value is -2.69. The lowest BCUT2D eigenvalue weighted by Gasteiger charge is -2.07. The van der Waals surface area contributed by atoms with Gasteiger partial charge in [-0.05, 0) is 42.7 Å². The van der Waals surface area contributed by atoms with Crippen LogP contribution >= 0.6 is 0 Å². The van der Waals surface area contributed by atoms with Crippen molar-refractivity contribution < 1.29 is 9.18 Å². The zero-order chi connectivity index (χ0) is 16.8. The predicted molar refractivity (Wildman–Crippen MR) is 92.1 cm³/mol. The molecule has 1 amide bonds. The van der Waals surface area contributed by atoms with Crippen LogP contribution in [0.3, 0.4) is 0 Å². The van der Waals surface area contributed by atoms with Crippen molar-refractivity contribution in [3.05, 3.63) is 66.2 Å². The molecule has 1 N–H and O–H groups in total. The molecule has 0 saturated heterocycles. The third-order valence-electron chi connectivity index (χ3n) is 3.96. The molecule has 1 aromatic heterocycles. The fraction of sp³-hybridized carbons (Fsp3) is 0.263. The number of benzene rings is 2. The van der Waals surface area contributed by atoms with E-state index in [0.29, 0.717) is 19.4 Å². The van der Waals surface area contributed by atoms with Gasteiger partial charge in [0.2, 0.25) is 5.91 Å². The first-order valence-electron chi connectivity index (χ1n) is 8.13. The number of aryl methyl sites for hydroxylation is 2. The summed E-state index contributed by atoms with van der Waals surface area (Å²) in [5, 5.41) is 2.91. The van der Waals surface area contributed by atoms with Gasteiger partial charge in [0.05, 0.1) is 17.4 Å².